The molecule has 0 aliphatic carbocycles. The fraction of sp³-hybridized carbons (Fsp3) is 0.385. The molecule has 0 spiro atoms. The summed E-state index contributed by atoms with van der Waals surface area (Å²) in [5, 5.41) is 3.02. The Hall–Kier alpha value is -1.39. The normalized spacial score (nSPS) is 11.0. The molecule has 0 aliphatic heterocycles. The molecule has 0 unspecified atom stereocenters. The number of nitrogens with one attached hydrogen (secondary N) is 1. The summed E-state index contributed by atoms with van der Waals surface area (Å²) < 4.78 is 23.5. The second-order valence-electron chi connectivity index (χ2n) is 3.53. The van der Waals surface area contributed by atoms with E-state index in [0.29, 0.717) is 11.3 Å². The van der Waals surface area contributed by atoms with Crippen LogP contribution in [0, 0.1) is 5.82 Å². The Labute approximate surface area is 101 Å². The predicted molar refractivity (Wildman–Crippen MR) is 66.5 cm³/mol. The van der Waals surface area contributed by atoms with Crippen molar-refractivity contribution >= 4 is 6.08 Å². The van der Waals surface area contributed by atoms with Crippen LogP contribution in [-0.4, -0.2) is 27.5 Å². The van der Waals surface area contributed by atoms with Gasteiger partial charge in [0.25, 0.3) is 0 Å². The monoisotopic (exact) mass is 239 g/mol. The van der Waals surface area contributed by atoms with E-state index in [1.54, 1.807) is 18.2 Å². The van der Waals surface area contributed by atoms with Crippen LogP contribution in [0.25, 0.3) is 6.08 Å². The molecule has 0 heterocycles. The summed E-state index contributed by atoms with van der Waals surface area (Å²) in [6.45, 7) is 1.00. The number of methoxy groups -OCH3 is 1. The number of halogens is 1. The molecule has 1 aromatic carbocycles. The molecule has 1 aromatic rings. The minimum absolute atomic E-state index is 0.122. The maximum atomic E-state index is 13.6. The molecule has 1 rings (SSSR count). The van der Waals surface area contributed by atoms with Crippen molar-refractivity contribution in [1.29, 1.82) is 0 Å². The average molecular weight is 239 g/mol. The number of ether oxygens (including phenoxy) is 2. The highest BCUT2D eigenvalue weighted by Gasteiger charge is 2.01. The fourth-order valence-electron chi connectivity index (χ4n) is 1.30. The van der Waals surface area contributed by atoms with Gasteiger partial charge in [0, 0.05) is 18.7 Å². The molecule has 0 amide bonds. The van der Waals surface area contributed by atoms with E-state index in [1.807, 2.05) is 13.1 Å². The van der Waals surface area contributed by atoms with E-state index in [-0.39, 0.29) is 12.6 Å². The first kappa shape index (κ1) is 13.7. The lowest BCUT2D eigenvalue weighted by molar-refractivity contribution is 0.0509. The van der Waals surface area contributed by atoms with Gasteiger partial charge in [-0.2, -0.15) is 0 Å². The van der Waals surface area contributed by atoms with Gasteiger partial charge in [0.05, 0.1) is 0 Å². The molecule has 3 nitrogen and oxygen atoms in total. The Morgan fingerprint density at radius 2 is 2.24 bits per heavy atom. The minimum Gasteiger partial charge on any atom is -0.467 e. The first-order chi connectivity index (χ1) is 8.27. The van der Waals surface area contributed by atoms with Crippen LogP contribution in [0.2, 0.25) is 0 Å². The molecule has 0 radical (unpaired) electrons. The highest BCUT2D eigenvalue weighted by Crippen LogP contribution is 2.17. The van der Waals surface area contributed by atoms with Crippen molar-refractivity contribution in [2.24, 2.45) is 0 Å². The van der Waals surface area contributed by atoms with E-state index in [0.717, 1.165) is 13.0 Å². The van der Waals surface area contributed by atoms with E-state index < -0.39 is 0 Å². The van der Waals surface area contributed by atoms with Crippen molar-refractivity contribution in [1.82, 2.24) is 5.32 Å². The smallest absolute Gasteiger partial charge is 0.188 e. The van der Waals surface area contributed by atoms with Crippen molar-refractivity contribution in [2.45, 2.75) is 6.42 Å². The van der Waals surface area contributed by atoms with Gasteiger partial charge >= 0.3 is 0 Å². The maximum absolute atomic E-state index is 13.6. The van der Waals surface area contributed by atoms with Crippen LogP contribution in [0.5, 0.6) is 5.75 Å². The number of hydrogen-bond donors (Lipinski definition) is 1. The quantitative estimate of drug-likeness (QED) is 0.585. The van der Waals surface area contributed by atoms with Crippen LogP contribution in [0.1, 0.15) is 12.0 Å². The van der Waals surface area contributed by atoms with E-state index in [4.69, 9.17) is 9.47 Å². The first-order valence-corrected chi connectivity index (χ1v) is 5.50. The Morgan fingerprint density at radius 3 is 2.88 bits per heavy atom. The molecular formula is C13H18FNO2. The lowest BCUT2D eigenvalue weighted by Crippen LogP contribution is -2.05. The Bertz CT molecular complexity index is 366. The highest BCUT2D eigenvalue weighted by atomic mass is 19.1. The Morgan fingerprint density at radius 1 is 1.41 bits per heavy atom. The van der Waals surface area contributed by atoms with Gasteiger partial charge in [-0.1, -0.05) is 12.2 Å². The van der Waals surface area contributed by atoms with Crippen LogP contribution in [0.3, 0.4) is 0 Å². The third-order valence-corrected chi connectivity index (χ3v) is 2.17. The summed E-state index contributed by atoms with van der Waals surface area (Å²) in [6, 6.07) is 4.77. The Kier molecular flexibility index (Phi) is 6.29. The minimum atomic E-state index is -0.292. The van der Waals surface area contributed by atoms with E-state index in [2.05, 4.69) is 5.32 Å². The second kappa shape index (κ2) is 7.81. The van der Waals surface area contributed by atoms with Crippen LogP contribution in [0.4, 0.5) is 4.39 Å². The van der Waals surface area contributed by atoms with Gasteiger partial charge in [0.2, 0.25) is 0 Å². The SMILES string of the molecule is CNCCC=Cc1ccc(OCOC)cc1F. The maximum Gasteiger partial charge on any atom is 0.188 e. The van der Waals surface area contributed by atoms with Crippen molar-refractivity contribution in [3.8, 4) is 5.75 Å². The van der Waals surface area contributed by atoms with Crippen molar-refractivity contribution in [2.75, 3.05) is 27.5 Å². The largest absolute Gasteiger partial charge is 0.467 e. The zero-order valence-electron chi connectivity index (χ0n) is 10.2. The molecule has 4 heteroatoms. The molecular weight excluding hydrogens is 221 g/mol. The van der Waals surface area contributed by atoms with Crippen molar-refractivity contribution in [3.05, 3.63) is 35.7 Å². The number of hydrogen-bond acceptors (Lipinski definition) is 3. The van der Waals surface area contributed by atoms with E-state index in [1.165, 1.54) is 13.2 Å². The number of rotatable bonds is 7. The zero-order chi connectivity index (χ0) is 12.5. The van der Waals surface area contributed by atoms with Gasteiger partial charge in [-0.25, -0.2) is 4.39 Å². The van der Waals surface area contributed by atoms with Gasteiger partial charge in [-0.05, 0) is 32.1 Å². The summed E-state index contributed by atoms with van der Waals surface area (Å²) in [6.07, 6.45) is 4.58. The average Bonchev–Trinajstić information content (AvgIpc) is 2.34. The van der Waals surface area contributed by atoms with E-state index >= 15 is 0 Å². The first-order valence-electron chi connectivity index (χ1n) is 5.50. The second-order valence-corrected chi connectivity index (χ2v) is 3.53. The third-order valence-electron chi connectivity index (χ3n) is 2.17. The summed E-state index contributed by atoms with van der Waals surface area (Å²) in [5.41, 5.74) is 0.561. The molecule has 0 atom stereocenters. The summed E-state index contributed by atoms with van der Waals surface area (Å²) >= 11 is 0. The molecule has 1 N–H and O–H groups in total. The van der Waals surface area contributed by atoms with Crippen molar-refractivity contribution in [3.63, 3.8) is 0 Å². The van der Waals surface area contributed by atoms with Crippen LogP contribution < -0.4 is 10.1 Å². The summed E-state index contributed by atoms with van der Waals surface area (Å²) in [4.78, 5) is 0. The third kappa shape index (κ3) is 4.97. The molecule has 0 saturated carbocycles. The van der Waals surface area contributed by atoms with Crippen LogP contribution >= 0.6 is 0 Å². The Balaban J connectivity index is 2.59. The predicted octanol–water partition coefficient (Wildman–Crippen LogP) is 2.43. The molecule has 0 aliphatic rings. The lowest BCUT2D eigenvalue weighted by atomic mass is 10.2. The van der Waals surface area contributed by atoms with Crippen LogP contribution in [0.15, 0.2) is 24.3 Å². The lowest BCUT2D eigenvalue weighted by Gasteiger charge is -2.05. The molecule has 0 saturated heterocycles. The van der Waals surface area contributed by atoms with Gasteiger partial charge in [-0.15, -0.1) is 0 Å². The molecule has 0 bridgehead atoms. The van der Waals surface area contributed by atoms with Crippen LogP contribution in [-0.2, 0) is 4.74 Å². The fourth-order valence-corrected chi connectivity index (χ4v) is 1.30. The standard InChI is InChI=1S/C13H18FNO2/c1-15-8-4-3-5-11-6-7-12(9-13(11)14)17-10-16-2/h3,5-7,9,15H,4,8,10H2,1-2H3. The summed E-state index contributed by atoms with van der Waals surface area (Å²) in [5.74, 6) is 0.177. The number of benzene rings is 1. The zero-order valence-corrected chi connectivity index (χ0v) is 10.2. The topological polar surface area (TPSA) is 30.5 Å². The molecule has 0 fully saturated rings. The molecule has 0 aromatic heterocycles. The van der Waals surface area contributed by atoms with E-state index in [9.17, 15) is 4.39 Å². The van der Waals surface area contributed by atoms with Gasteiger partial charge in [0.1, 0.15) is 11.6 Å². The molecule has 94 valence electrons. The molecule has 17 heavy (non-hydrogen) atoms. The van der Waals surface area contributed by atoms with Gasteiger partial charge in [0.15, 0.2) is 6.79 Å². The highest BCUT2D eigenvalue weighted by molar-refractivity contribution is 5.51. The van der Waals surface area contributed by atoms with Gasteiger partial charge < -0.3 is 14.8 Å². The van der Waals surface area contributed by atoms with Crippen molar-refractivity contribution < 1.29 is 13.9 Å². The summed E-state index contributed by atoms with van der Waals surface area (Å²) in [7, 11) is 3.41. The van der Waals surface area contributed by atoms with Gasteiger partial charge in [-0.3, -0.25) is 0 Å².